The Labute approximate surface area is 124 Å². The van der Waals surface area contributed by atoms with Crippen LogP contribution in [-0.2, 0) is 6.54 Å². The zero-order valence-corrected chi connectivity index (χ0v) is 13.3. The molecule has 1 saturated carbocycles. The van der Waals surface area contributed by atoms with E-state index in [1.165, 1.54) is 57.8 Å². The van der Waals surface area contributed by atoms with E-state index in [9.17, 15) is 0 Å². The molecule has 3 nitrogen and oxygen atoms in total. The molecule has 1 heterocycles. The molecular formula is C17H31N3. The minimum absolute atomic E-state index is 0.822. The van der Waals surface area contributed by atoms with Crippen LogP contribution < -0.4 is 0 Å². The van der Waals surface area contributed by atoms with Crippen LogP contribution in [0.1, 0.15) is 71.6 Å². The normalized spacial score (nSPS) is 26.2. The number of aromatic nitrogens is 3. The van der Waals surface area contributed by atoms with Gasteiger partial charge in [0.05, 0.1) is 6.20 Å². The van der Waals surface area contributed by atoms with Gasteiger partial charge in [0.15, 0.2) is 0 Å². The Morgan fingerprint density at radius 2 is 1.85 bits per heavy atom. The summed E-state index contributed by atoms with van der Waals surface area (Å²) < 4.78 is 2.01. The Bertz CT molecular complexity index is 347. The molecule has 0 amide bonds. The quantitative estimate of drug-likeness (QED) is 0.613. The maximum absolute atomic E-state index is 4.12. The molecule has 0 N–H and O–H groups in total. The third kappa shape index (κ3) is 4.60. The van der Waals surface area contributed by atoms with E-state index < -0.39 is 0 Å². The first-order valence-electron chi connectivity index (χ1n) is 8.67. The lowest BCUT2D eigenvalue weighted by molar-refractivity contribution is 0.342. The maximum atomic E-state index is 4.12. The van der Waals surface area contributed by atoms with Gasteiger partial charge in [-0.1, -0.05) is 64.0 Å². The fourth-order valence-electron chi connectivity index (χ4n) is 3.94. The van der Waals surface area contributed by atoms with Gasteiger partial charge in [-0.15, -0.1) is 5.10 Å². The minimum atomic E-state index is 0.822. The Kier molecular flexibility index (Phi) is 6.55. The molecule has 0 aromatic carbocycles. The van der Waals surface area contributed by atoms with Gasteiger partial charge in [-0.25, -0.2) is 0 Å². The second kappa shape index (κ2) is 8.43. The molecule has 1 aromatic heterocycles. The molecule has 1 aliphatic rings. The van der Waals surface area contributed by atoms with E-state index in [0.717, 1.165) is 24.3 Å². The van der Waals surface area contributed by atoms with Crippen LogP contribution in [0.5, 0.6) is 0 Å². The lowest BCUT2D eigenvalue weighted by Crippen LogP contribution is -2.08. The Morgan fingerprint density at radius 1 is 1.05 bits per heavy atom. The Balaban J connectivity index is 1.71. The molecule has 0 radical (unpaired) electrons. The molecule has 3 heteroatoms. The predicted octanol–water partition coefficient (Wildman–Crippen LogP) is 4.69. The summed E-state index contributed by atoms with van der Waals surface area (Å²) in [6.07, 6.45) is 16.5. The Morgan fingerprint density at radius 3 is 2.55 bits per heavy atom. The first kappa shape index (κ1) is 15.5. The van der Waals surface area contributed by atoms with Crippen molar-refractivity contribution in [2.24, 2.45) is 17.8 Å². The molecule has 0 saturated heterocycles. The summed E-state index contributed by atoms with van der Waals surface area (Å²) in [6, 6.07) is 0. The second-order valence-corrected chi connectivity index (χ2v) is 6.59. The van der Waals surface area contributed by atoms with Crippen LogP contribution in [0.4, 0.5) is 0 Å². The van der Waals surface area contributed by atoms with Crippen molar-refractivity contribution in [1.29, 1.82) is 0 Å². The topological polar surface area (TPSA) is 30.7 Å². The number of rotatable bonds is 9. The lowest BCUT2D eigenvalue weighted by Gasteiger charge is -2.17. The second-order valence-electron chi connectivity index (χ2n) is 6.59. The van der Waals surface area contributed by atoms with Gasteiger partial charge >= 0.3 is 0 Å². The summed E-state index contributed by atoms with van der Waals surface area (Å²) in [5.74, 6) is 2.74. The molecule has 2 rings (SSSR count). The van der Waals surface area contributed by atoms with E-state index in [1.807, 2.05) is 10.9 Å². The molecule has 0 spiro atoms. The average molecular weight is 277 g/mol. The third-order valence-electron chi connectivity index (χ3n) is 5.06. The highest BCUT2D eigenvalue weighted by Gasteiger charge is 2.32. The van der Waals surface area contributed by atoms with Gasteiger partial charge in [-0.05, 0) is 30.6 Å². The van der Waals surface area contributed by atoms with E-state index >= 15 is 0 Å². The smallest absolute Gasteiger partial charge is 0.0692 e. The van der Waals surface area contributed by atoms with Crippen LogP contribution in [0.15, 0.2) is 12.4 Å². The van der Waals surface area contributed by atoms with Gasteiger partial charge < -0.3 is 0 Å². The molecule has 0 bridgehead atoms. The Hall–Kier alpha value is -0.860. The molecule has 1 fully saturated rings. The van der Waals surface area contributed by atoms with Crippen molar-refractivity contribution in [3.05, 3.63) is 12.4 Å². The summed E-state index contributed by atoms with van der Waals surface area (Å²) in [6.45, 7) is 5.73. The number of hydrogen-bond donors (Lipinski definition) is 0. The molecule has 1 aliphatic carbocycles. The SMILES string of the molecule is CCCCCCCC1CC(Cn2ccnn2)CC1CC. The van der Waals surface area contributed by atoms with Crippen molar-refractivity contribution in [3.63, 3.8) is 0 Å². The summed E-state index contributed by atoms with van der Waals surface area (Å²) in [7, 11) is 0. The van der Waals surface area contributed by atoms with E-state index in [2.05, 4.69) is 24.2 Å². The molecule has 20 heavy (non-hydrogen) atoms. The van der Waals surface area contributed by atoms with Crippen molar-refractivity contribution in [1.82, 2.24) is 15.0 Å². The highest BCUT2D eigenvalue weighted by atomic mass is 15.4. The number of nitrogens with zero attached hydrogens (tertiary/aromatic N) is 3. The van der Waals surface area contributed by atoms with Crippen LogP contribution in [-0.4, -0.2) is 15.0 Å². The summed E-state index contributed by atoms with van der Waals surface area (Å²) in [5, 5.41) is 8.03. The maximum Gasteiger partial charge on any atom is 0.0692 e. The van der Waals surface area contributed by atoms with Gasteiger partial charge in [0.2, 0.25) is 0 Å². The lowest BCUT2D eigenvalue weighted by atomic mass is 9.89. The number of hydrogen-bond acceptors (Lipinski definition) is 2. The zero-order valence-electron chi connectivity index (χ0n) is 13.3. The zero-order chi connectivity index (χ0) is 14.2. The van der Waals surface area contributed by atoms with Crippen LogP contribution >= 0.6 is 0 Å². The molecule has 0 aliphatic heterocycles. The standard InChI is InChI=1S/C17H31N3/c1-3-5-6-7-8-9-17-13-15(12-16(17)4-2)14-20-11-10-18-19-20/h10-11,15-17H,3-9,12-14H2,1-2H3. The van der Waals surface area contributed by atoms with Crippen LogP contribution in [0, 0.1) is 17.8 Å². The predicted molar refractivity (Wildman–Crippen MR) is 83.4 cm³/mol. The summed E-state index contributed by atoms with van der Waals surface area (Å²) >= 11 is 0. The fourth-order valence-corrected chi connectivity index (χ4v) is 3.94. The van der Waals surface area contributed by atoms with Crippen molar-refractivity contribution in [2.75, 3.05) is 0 Å². The van der Waals surface area contributed by atoms with Gasteiger partial charge in [-0.2, -0.15) is 0 Å². The average Bonchev–Trinajstić information content (AvgIpc) is 3.08. The van der Waals surface area contributed by atoms with E-state index in [4.69, 9.17) is 0 Å². The molecule has 3 unspecified atom stereocenters. The molecular weight excluding hydrogens is 246 g/mol. The van der Waals surface area contributed by atoms with E-state index in [0.29, 0.717) is 0 Å². The first-order valence-corrected chi connectivity index (χ1v) is 8.67. The van der Waals surface area contributed by atoms with E-state index in [1.54, 1.807) is 6.20 Å². The van der Waals surface area contributed by atoms with Crippen molar-refractivity contribution < 1.29 is 0 Å². The van der Waals surface area contributed by atoms with Crippen molar-refractivity contribution in [2.45, 2.75) is 78.2 Å². The van der Waals surface area contributed by atoms with Gasteiger partial charge in [0.25, 0.3) is 0 Å². The largest absolute Gasteiger partial charge is 0.252 e. The van der Waals surface area contributed by atoms with Crippen LogP contribution in [0.3, 0.4) is 0 Å². The first-order chi connectivity index (χ1) is 9.83. The van der Waals surface area contributed by atoms with Gasteiger partial charge in [-0.3, -0.25) is 4.68 Å². The highest BCUT2D eigenvalue weighted by molar-refractivity contribution is 4.83. The molecule has 1 aromatic rings. The molecule has 3 atom stereocenters. The van der Waals surface area contributed by atoms with Crippen molar-refractivity contribution in [3.8, 4) is 0 Å². The highest BCUT2D eigenvalue weighted by Crippen LogP contribution is 2.41. The van der Waals surface area contributed by atoms with Crippen LogP contribution in [0.25, 0.3) is 0 Å². The van der Waals surface area contributed by atoms with Gasteiger partial charge in [0.1, 0.15) is 0 Å². The van der Waals surface area contributed by atoms with Gasteiger partial charge in [0, 0.05) is 12.7 Å². The van der Waals surface area contributed by atoms with Crippen molar-refractivity contribution >= 4 is 0 Å². The third-order valence-corrected chi connectivity index (χ3v) is 5.06. The number of unbranched alkanes of at least 4 members (excludes halogenated alkanes) is 4. The summed E-state index contributed by atoms with van der Waals surface area (Å²) in [4.78, 5) is 0. The molecule has 114 valence electrons. The van der Waals surface area contributed by atoms with Crippen LogP contribution in [0.2, 0.25) is 0 Å². The van der Waals surface area contributed by atoms with E-state index in [-0.39, 0.29) is 0 Å². The monoisotopic (exact) mass is 277 g/mol. The summed E-state index contributed by atoms with van der Waals surface area (Å²) in [5.41, 5.74) is 0. The fraction of sp³-hybridized carbons (Fsp3) is 0.882. The minimum Gasteiger partial charge on any atom is -0.252 e.